The van der Waals surface area contributed by atoms with Crippen LogP contribution in [-0.2, 0) is 19.4 Å². The van der Waals surface area contributed by atoms with Gasteiger partial charge in [-0.15, -0.1) is 11.3 Å². The number of nitrogens with one attached hydrogen (secondary N) is 1. The molecule has 0 fully saturated rings. The molecular weight excluding hydrogens is 464 g/mol. The Morgan fingerprint density at radius 1 is 1.37 bits per heavy atom. The van der Waals surface area contributed by atoms with Crippen molar-refractivity contribution in [3.05, 3.63) is 62.7 Å². The van der Waals surface area contributed by atoms with Crippen LogP contribution in [-0.4, -0.2) is 12.1 Å². The first-order chi connectivity index (χ1) is 14.3. The summed E-state index contributed by atoms with van der Waals surface area (Å²) in [6.45, 7) is 7.23. The Bertz CT molecular complexity index is 1060. The van der Waals surface area contributed by atoms with Crippen molar-refractivity contribution >= 4 is 44.4 Å². The Labute approximate surface area is 188 Å². The van der Waals surface area contributed by atoms with E-state index in [0.717, 1.165) is 35.6 Å². The molecule has 0 aromatic carbocycles. The van der Waals surface area contributed by atoms with Gasteiger partial charge in [0.25, 0.3) is 5.91 Å². The van der Waals surface area contributed by atoms with Crippen LogP contribution in [0.25, 0.3) is 0 Å². The number of carbonyl (C=O) groups is 1. The molecule has 0 saturated carbocycles. The van der Waals surface area contributed by atoms with Gasteiger partial charge in [-0.1, -0.05) is 20.8 Å². The molecule has 158 valence electrons. The Morgan fingerprint density at radius 2 is 2.20 bits per heavy atom. The van der Waals surface area contributed by atoms with Crippen LogP contribution < -0.4 is 5.32 Å². The fourth-order valence-electron chi connectivity index (χ4n) is 3.82. The van der Waals surface area contributed by atoms with Gasteiger partial charge in [0, 0.05) is 4.88 Å². The minimum absolute atomic E-state index is 0.106. The molecule has 30 heavy (non-hydrogen) atoms. The summed E-state index contributed by atoms with van der Waals surface area (Å²) in [6.07, 6.45) is 6.26. The minimum Gasteiger partial charge on any atom is -0.467 e. The Morgan fingerprint density at radius 3 is 2.87 bits per heavy atom. The molecule has 0 unspecified atom stereocenters. The molecule has 0 bridgehead atoms. The van der Waals surface area contributed by atoms with Crippen LogP contribution in [0.1, 0.15) is 59.5 Å². The fraction of sp³-hybridized carbons (Fsp3) is 0.391. The van der Waals surface area contributed by atoms with Crippen molar-refractivity contribution in [3.63, 3.8) is 0 Å². The number of amides is 1. The number of hydrogen-bond donors (Lipinski definition) is 1. The second-order valence-electron chi connectivity index (χ2n) is 8.65. The smallest absolute Gasteiger partial charge is 0.255 e. The summed E-state index contributed by atoms with van der Waals surface area (Å²) in [5.41, 5.74) is 2.08. The molecule has 1 atom stereocenters. The molecule has 5 nitrogen and oxygen atoms in total. The van der Waals surface area contributed by atoms with E-state index in [-0.39, 0.29) is 11.3 Å². The third-order valence-corrected chi connectivity index (χ3v) is 7.19. The van der Waals surface area contributed by atoms with Crippen LogP contribution in [0.3, 0.4) is 0 Å². The van der Waals surface area contributed by atoms with Gasteiger partial charge in [-0.2, -0.15) is 0 Å². The van der Waals surface area contributed by atoms with Crippen molar-refractivity contribution in [1.82, 2.24) is 5.32 Å². The predicted octanol–water partition coefficient (Wildman–Crippen LogP) is 6.53. The second-order valence-corrected chi connectivity index (χ2v) is 10.5. The van der Waals surface area contributed by atoms with E-state index >= 15 is 0 Å². The van der Waals surface area contributed by atoms with Crippen LogP contribution in [0, 0.1) is 11.3 Å². The fourth-order valence-corrected chi connectivity index (χ4v) is 5.41. The van der Waals surface area contributed by atoms with Gasteiger partial charge in [-0.25, -0.2) is 4.99 Å². The zero-order chi connectivity index (χ0) is 21.3. The van der Waals surface area contributed by atoms with Gasteiger partial charge in [0.05, 0.1) is 24.6 Å². The molecule has 7 heteroatoms. The number of hydrogen-bond acceptors (Lipinski definition) is 5. The van der Waals surface area contributed by atoms with Crippen molar-refractivity contribution < 1.29 is 13.6 Å². The van der Waals surface area contributed by atoms with E-state index in [1.54, 1.807) is 23.8 Å². The lowest BCUT2D eigenvalue weighted by atomic mass is 9.72. The highest BCUT2D eigenvalue weighted by atomic mass is 79.9. The number of nitrogens with zero attached hydrogens (tertiary/aromatic N) is 1. The van der Waals surface area contributed by atoms with Gasteiger partial charge in [-0.3, -0.25) is 4.79 Å². The summed E-state index contributed by atoms with van der Waals surface area (Å²) in [6, 6.07) is 7.34. The summed E-state index contributed by atoms with van der Waals surface area (Å²) < 4.78 is 11.5. The zero-order valence-corrected chi connectivity index (χ0v) is 19.7. The van der Waals surface area contributed by atoms with Gasteiger partial charge in [-0.05, 0) is 76.4 Å². The highest BCUT2D eigenvalue weighted by molar-refractivity contribution is 9.10. The summed E-state index contributed by atoms with van der Waals surface area (Å²) in [4.78, 5) is 19.1. The van der Waals surface area contributed by atoms with Crippen LogP contribution in [0.4, 0.5) is 5.00 Å². The number of thiophene rings is 1. The first-order valence-electron chi connectivity index (χ1n) is 10.1. The van der Waals surface area contributed by atoms with Crippen molar-refractivity contribution in [3.8, 4) is 0 Å². The highest BCUT2D eigenvalue weighted by Gasteiger charge is 2.33. The molecule has 0 saturated heterocycles. The van der Waals surface area contributed by atoms with Gasteiger partial charge >= 0.3 is 0 Å². The van der Waals surface area contributed by atoms with E-state index in [4.69, 9.17) is 8.83 Å². The molecule has 1 aliphatic rings. The third-order valence-electron chi connectivity index (χ3n) is 5.60. The SMILES string of the molecule is CC(C)(C)[C@H]1CCc2c(sc(N=Cc3ccc(Br)o3)c2C(=O)NCc2ccco2)C1. The average Bonchev–Trinajstić information content (AvgIpc) is 3.42. The maximum absolute atomic E-state index is 13.1. The maximum atomic E-state index is 13.1. The lowest BCUT2D eigenvalue weighted by Crippen LogP contribution is -2.28. The number of furan rings is 2. The molecule has 4 rings (SSSR count). The first-order valence-corrected chi connectivity index (χ1v) is 11.7. The number of carbonyl (C=O) groups excluding carboxylic acids is 1. The number of rotatable bonds is 5. The molecule has 3 aromatic heterocycles. The summed E-state index contributed by atoms with van der Waals surface area (Å²) in [5.74, 6) is 1.86. The van der Waals surface area contributed by atoms with Crippen molar-refractivity contribution in [2.24, 2.45) is 16.3 Å². The summed E-state index contributed by atoms with van der Waals surface area (Å²) in [7, 11) is 0. The zero-order valence-electron chi connectivity index (χ0n) is 17.3. The van der Waals surface area contributed by atoms with E-state index in [9.17, 15) is 4.79 Å². The maximum Gasteiger partial charge on any atom is 0.255 e. The molecule has 3 heterocycles. The lowest BCUT2D eigenvalue weighted by Gasteiger charge is -2.33. The van der Waals surface area contributed by atoms with Crippen LogP contribution >= 0.6 is 27.3 Å². The summed E-state index contributed by atoms with van der Waals surface area (Å²) >= 11 is 4.93. The number of aliphatic imine (C=N–C) groups is 1. The molecular formula is C23H25BrN2O3S. The Balaban J connectivity index is 1.64. The van der Waals surface area contributed by atoms with Crippen LogP contribution in [0.5, 0.6) is 0 Å². The Hall–Kier alpha value is -2.12. The van der Waals surface area contributed by atoms with Gasteiger partial charge in [0.15, 0.2) is 4.67 Å². The van der Waals surface area contributed by atoms with Crippen LogP contribution in [0.2, 0.25) is 0 Å². The highest BCUT2D eigenvalue weighted by Crippen LogP contribution is 2.45. The van der Waals surface area contributed by atoms with Crippen LogP contribution in [0.15, 0.2) is 49.0 Å². The topological polar surface area (TPSA) is 67.7 Å². The number of fused-ring (bicyclic) bond motifs is 1. The monoisotopic (exact) mass is 488 g/mol. The Kier molecular flexibility index (Phi) is 6.02. The molecule has 0 spiro atoms. The van der Waals surface area contributed by atoms with Crippen molar-refractivity contribution in [1.29, 1.82) is 0 Å². The molecule has 1 aliphatic carbocycles. The van der Waals surface area contributed by atoms with E-state index in [2.05, 4.69) is 47.0 Å². The van der Waals surface area contributed by atoms with E-state index in [1.807, 2.05) is 24.3 Å². The van der Waals surface area contributed by atoms with Gasteiger partial charge < -0.3 is 14.2 Å². The van der Waals surface area contributed by atoms with Crippen molar-refractivity contribution in [2.45, 2.75) is 46.6 Å². The largest absolute Gasteiger partial charge is 0.467 e. The summed E-state index contributed by atoms with van der Waals surface area (Å²) in [5, 5.41) is 3.73. The first kappa shape index (κ1) is 21.1. The second kappa shape index (κ2) is 8.55. The average molecular weight is 489 g/mol. The molecule has 0 aliphatic heterocycles. The molecule has 1 amide bonds. The predicted molar refractivity (Wildman–Crippen MR) is 123 cm³/mol. The number of halogens is 1. The van der Waals surface area contributed by atoms with Crippen molar-refractivity contribution in [2.75, 3.05) is 0 Å². The molecule has 0 radical (unpaired) electrons. The molecule has 3 aromatic rings. The van der Waals surface area contributed by atoms with Gasteiger partial charge in [0.1, 0.15) is 16.5 Å². The normalized spacial score (nSPS) is 16.7. The lowest BCUT2D eigenvalue weighted by molar-refractivity contribution is 0.0947. The third kappa shape index (κ3) is 4.62. The van der Waals surface area contributed by atoms with E-state index in [1.165, 1.54) is 4.88 Å². The minimum atomic E-state index is -0.106. The standard InChI is InChI=1S/C23H25BrN2O3S/c1-23(2,3)14-6-8-17-18(11-14)30-22(26-13-16-7-9-19(24)29-16)20(17)21(27)25-12-15-5-4-10-28-15/h4-5,7,9-10,13-14H,6,8,11-12H2,1-3H3,(H,25,27)/t14-/m0/s1. The quantitative estimate of drug-likeness (QED) is 0.415. The van der Waals surface area contributed by atoms with Gasteiger partial charge in [0.2, 0.25) is 0 Å². The van der Waals surface area contributed by atoms with E-state index in [0.29, 0.717) is 28.5 Å². The van der Waals surface area contributed by atoms with E-state index < -0.39 is 0 Å². The molecule has 1 N–H and O–H groups in total.